The van der Waals surface area contributed by atoms with E-state index in [-0.39, 0.29) is 11.3 Å². The number of aliphatic hydroxyl groups excluding tert-OH is 1. The second kappa shape index (κ2) is 9.74. The van der Waals surface area contributed by atoms with Crippen LogP contribution in [0.1, 0.15) is 17.2 Å². The summed E-state index contributed by atoms with van der Waals surface area (Å²) in [5.41, 5.74) is 1.09. The van der Waals surface area contributed by atoms with E-state index in [1.54, 1.807) is 49.6 Å². The number of ether oxygens (including phenoxy) is 3. The van der Waals surface area contributed by atoms with Crippen LogP contribution >= 0.6 is 0 Å². The first kappa shape index (κ1) is 23.1. The number of rotatable bonds is 8. The van der Waals surface area contributed by atoms with Crippen molar-refractivity contribution in [3.63, 3.8) is 0 Å². The standard InChI is InChI=1S/C24H28N2O6/c1-25(2)12-13-26-21(16-8-11-18(31-4)19(14-16)32-5)20(23(28)24(26)29)22(27)15-6-9-17(30-3)10-7-15/h6-11,14,21,27H,12-13H2,1-5H3. The number of likely N-dealkylation sites (N-methyl/N-ethyl adjacent to an activating group) is 1. The zero-order chi connectivity index (χ0) is 23.4. The zero-order valence-electron chi connectivity index (χ0n) is 18.9. The van der Waals surface area contributed by atoms with Gasteiger partial charge in [0.1, 0.15) is 11.5 Å². The molecule has 0 aromatic heterocycles. The number of benzene rings is 2. The number of hydrogen-bond donors (Lipinski definition) is 1. The van der Waals surface area contributed by atoms with Gasteiger partial charge >= 0.3 is 0 Å². The Balaban J connectivity index is 2.16. The van der Waals surface area contributed by atoms with Crippen molar-refractivity contribution in [2.75, 3.05) is 48.5 Å². The Hall–Kier alpha value is -3.52. The maximum atomic E-state index is 13.1. The Morgan fingerprint density at radius 1 is 0.969 bits per heavy atom. The highest BCUT2D eigenvalue weighted by Crippen LogP contribution is 2.41. The van der Waals surface area contributed by atoms with Gasteiger partial charge in [-0.05, 0) is 56.1 Å². The molecule has 0 saturated carbocycles. The van der Waals surface area contributed by atoms with E-state index in [9.17, 15) is 14.7 Å². The molecular weight excluding hydrogens is 412 g/mol. The van der Waals surface area contributed by atoms with E-state index in [0.717, 1.165) is 0 Å². The highest BCUT2D eigenvalue weighted by Gasteiger charge is 2.46. The van der Waals surface area contributed by atoms with Gasteiger partial charge in [-0.2, -0.15) is 0 Å². The van der Waals surface area contributed by atoms with Gasteiger partial charge in [0.15, 0.2) is 11.5 Å². The molecule has 0 spiro atoms. The summed E-state index contributed by atoms with van der Waals surface area (Å²) in [5, 5.41) is 11.1. The normalized spacial score (nSPS) is 17.7. The second-order valence-corrected chi connectivity index (χ2v) is 7.64. The fourth-order valence-electron chi connectivity index (χ4n) is 3.69. The SMILES string of the molecule is COc1ccc(C(O)=C2C(=O)C(=O)N(CCN(C)C)C2c2ccc(OC)c(OC)c2)cc1. The predicted molar refractivity (Wildman–Crippen MR) is 120 cm³/mol. The smallest absolute Gasteiger partial charge is 0.295 e. The Morgan fingerprint density at radius 2 is 1.62 bits per heavy atom. The Labute approximate surface area is 187 Å². The molecule has 1 aliphatic rings. The topological polar surface area (TPSA) is 88.5 Å². The molecular formula is C24H28N2O6. The maximum absolute atomic E-state index is 13.1. The molecule has 1 aliphatic heterocycles. The zero-order valence-corrected chi connectivity index (χ0v) is 18.9. The number of Topliss-reactive ketones (excluding diaryl/α,β-unsaturated/α-hetero) is 1. The van der Waals surface area contributed by atoms with Crippen molar-refractivity contribution in [2.45, 2.75) is 6.04 Å². The number of carbonyl (C=O) groups is 2. The molecule has 2 aromatic rings. The fourth-order valence-corrected chi connectivity index (χ4v) is 3.69. The summed E-state index contributed by atoms with van der Waals surface area (Å²) in [6, 6.07) is 11.1. The number of carbonyl (C=O) groups excluding carboxylic acids is 2. The van der Waals surface area contributed by atoms with Crippen LogP contribution in [0.2, 0.25) is 0 Å². The number of likely N-dealkylation sites (tertiary alicyclic amines) is 1. The van der Waals surface area contributed by atoms with Crippen molar-refractivity contribution in [2.24, 2.45) is 0 Å². The molecule has 1 unspecified atom stereocenters. The molecule has 1 atom stereocenters. The van der Waals surface area contributed by atoms with Gasteiger partial charge < -0.3 is 29.1 Å². The first-order valence-electron chi connectivity index (χ1n) is 10.1. The monoisotopic (exact) mass is 440 g/mol. The van der Waals surface area contributed by atoms with Crippen LogP contribution in [0.15, 0.2) is 48.0 Å². The molecule has 0 radical (unpaired) electrons. The first-order valence-corrected chi connectivity index (χ1v) is 10.1. The van der Waals surface area contributed by atoms with Gasteiger partial charge in [-0.15, -0.1) is 0 Å². The van der Waals surface area contributed by atoms with E-state index < -0.39 is 17.7 Å². The summed E-state index contributed by atoms with van der Waals surface area (Å²) in [6.45, 7) is 0.870. The van der Waals surface area contributed by atoms with Crippen LogP contribution in [0.25, 0.3) is 5.76 Å². The van der Waals surface area contributed by atoms with E-state index in [2.05, 4.69) is 0 Å². The summed E-state index contributed by atoms with van der Waals surface area (Å²) in [5.74, 6) is -0.00888. The summed E-state index contributed by atoms with van der Waals surface area (Å²) in [6.07, 6.45) is 0. The summed E-state index contributed by atoms with van der Waals surface area (Å²) in [7, 11) is 8.37. The van der Waals surface area contributed by atoms with Crippen molar-refractivity contribution in [3.05, 3.63) is 59.2 Å². The van der Waals surface area contributed by atoms with E-state index in [1.807, 2.05) is 19.0 Å². The van der Waals surface area contributed by atoms with Gasteiger partial charge in [-0.3, -0.25) is 9.59 Å². The van der Waals surface area contributed by atoms with E-state index in [4.69, 9.17) is 14.2 Å². The molecule has 8 nitrogen and oxygen atoms in total. The summed E-state index contributed by atoms with van der Waals surface area (Å²) in [4.78, 5) is 29.4. The third-order valence-electron chi connectivity index (χ3n) is 5.41. The molecule has 1 fully saturated rings. The molecule has 0 bridgehead atoms. The van der Waals surface area contributed by atoms with Crippen LogP contribution in [-0.2, 0) is 9.59 Å². The molecule has 1 amide bonds. The van der Waals surface area contributed by atoms with Crippen molar-refractivity contribution in [1.29, 1.82) is 0 Å². The molecule has 0 aliphatic carbocycles. The van der Waals surface area contributed by atoms with E-state index in [1.165, 1.54) is 19.1 Å². The van der Waals surface area contributed by atoms with Crippen LogP contribution in [0.3, 0.4) is 0 Å². The van der Waals surface area contributed by atoms with Crippen LogP contribution in [0.5, 0.6) is 17.2 Å². The minimum atomic E-state index is -0.767. The van der Waals surface area contributed by atoms with Gasteiger partial charge in [0.05, 0.1) is 32.9 Å². The molecule has 1 N–H and O–H groups in total. The Kier molecular flexibility index (Phi) is 7.05. The van der Waals surface area contributed by atoms with Crippen molar-refractivity contribution in [3.8, 4) is 17.2 Å². The Bertz CT molecular complexity index is 1030. The minimum absolute atomic E-state index is 0.0335. The van der Waals surface area contributed by atoms with Gasteiger partial charge in [0.25, 0.3) is 11.7 Å². The highest BCUT2D eigenvalue weighted by molar-refractivity contribution is 6.46. The van der Waals surface area contributed by atoms with Gasteiger partial charge in [0, 0.05) is 18.7 Å². The molecule has 2 aromatic carbocycles. The van der Waals surface area contributed by atoms with Crippen molar-refractivity contribution < 1.29 is 28.9 Å². The van der Waals surface area contributed by atoms with E-state index in [0.29, 0.717) is 41.5 Å². The molecule has 3 rings (SSSR count). The van der Waals surface area contributed by atoms with E-state index >= 15 is 0 Å². The largest absolute Gasteiger partial charge is 0.507 e. The molecule has 1 saturated heterocycles. The van der Waals surface area contributed by atoms with Crippen LogP contribution in [0, 0.1) is 0 Å². The number of aliphatic hydroxyl groups is 1. The third-order valence-corrected chi connectivity index (χ3v) is 5.41. The Morgan fingerprint density at radius 3 is 2.19 bits per heavy atom. The first-order chi connectivity index (χ1) is 15.3. The lowest BCUT2D eigenvalue weighted by Crippen LogP contribution is -2.35. The number of hydrogen-bond acceptors (Lipinski definition) is 7. The average Bonchev–Trinajstić information content (AvgIpc) is 3.06. The third kappa shape index (κ3) is 4.40. The quantitative estimate of drug-likeness (QED) is 0.384. The molecule has 1 heterocycles. The molecule has 170 valence electrons. The summed E-state index contributed by atoms with van der Waals surface area (Å²) < 4.78 is 15.9. The lowest BCUT2D eigenvalue weighted by molar-refractivity contribution is -0.140. The lowest BCUT2D eigenvalue weighted by atomic mass is 9.95. The van der Waals surface area contributed by atoms with Crippen LogP contribution < -0.4 is 14.2 Å². The molecule has 8 heteroatoms. The number of nitrogens with zero attached hydrogens (tertiary/aromatic N) is 2. The van der Waals surface area contributed by atoms with Crippen molar-refractivity contribution in [1.82, 2.24) is 9.80 Å². The van der Waals surface area contributed by atoms with Gasteiger partial charge in [-0.25, -0.2) is 0 Å². The van der Waals surface area contributed by atoms with Gasteiger partial charge in [0.2, 0.25) is 0 Å². The van der Waals surface area contributed by atoms with Crippen LogP contribution in [0.4, 0.5) is 0 Å². The number of ketones is 1. The second-order valence-electron chi connectivity index (χ2n) is 7.64. The lowest BCUT2D eigenvalue weighted by Gasteiger charge is -2.27. The number of methoxy groups -OCH3 is 3. The summed E-state index contributed by atoms with van der Waals surface area (Å²) >= 11 is 0. The fraction of sp³-hybridized carbons (Fsp3) is 0.333. The minimum Gasteiger partial charge on any atom is -0.507 e. The van der Waals surface area contributed by atoms with Crippen molar-refractivity contribution >= 4 is 17.4 Å². The maximum Gasteiger partial charge on any atom is 0.295 e. The predicted octanol–water partition coefficient (Wildman–Crippen LogP) is 2.70. The molecule has 32 heavy (non-hydrogen) atoms. The van der Waals surface area contributed by atoms with Crippen LogP contribution in [-0.4, -0.2) is 75.1 Å². The highest BCUT2D eigenvalue weighted by atomic mass is 16.5. The average molecular weight is 440 g/mol. The number of amides is 1. The van der Waals surface area contributed by atoms with Gasteiger partial charge in [-0.1, -0.05) is 6.07 Å².